The fraction of sp³-hybridized carbons (Fsp3) is 0.714. The number of epoxide rings is 2. The smallest absolute Gasteiger partial charge is 0.333 e. The summed E-state index contributed by atoms with van der Waals surface area (Å²) in [5, 5.41) is 0. The maximum atomic E-state index is 12.2. The Morgan fingerprint density at radius 3 is 2.41 bits per heavy atom. The van der Waals surface area contributed by atoms with Gasteiger partial charge in [0.05, 0.1) is 26.4 Å². The Morgan fingerprint density at radius 2 is 1.74 bits per heavy atom. The van der Waals surface area contributed by atoms with Crippen molar-refractivity contribution in [3.63, 3.8) is 0 Å². The molecule has 1 aliphatic carbocycles. The van der Waals surface area contributed by atoms with Crippen LogP contribution in [0.5, 0.6) is 0 Å². The Morgan fingerprint density at radius 1 is 1.07 bits per heavy atom. The van der Waals surface area contributed by atoms with E-state index in [1.54, 1.807) is 0 Å². The van der Waals surface area contributed by atoms with Crippen LogP contribution < -0.4 is 0 Å². The zero-order chi connectivity index (χ0) is 19.6. The average Bonchev–Trinajstić information content (AvgIpc) is 3.55. The minimum atomic E-state index is -0.352. The van der Waals surface area contributed by atoms with Gasteiger partial charge in [-0.2, -0.15) is 0 Å². The third-order valence-corrected chi connectivity index (χ3v) is 6.01. The third kappa shape index (κ3) is 4.43. The minimum Gasteiger partial charge on any atom is -0.466 e. The molecule has 2 aliphatic heterocycles. The Bertz CT molecular complexity index is 649. The molecule has 150 valence electrons. The molecule has 3 rings (SSSR count). The molecular weight excluding hydrogens is 348 g/mol. The van der Waals surface area contributed by atoms with E-state index < -0.39 is 0 Å². The molecule has 6 heteroatoms. The summed E-state index contributed by atoms with van der Waals surface area (Å²) in [5.41, 5.74) is 0.994. The van der Waals surface area contributed by atoms with E-state index in [9.17, 15) is 9.59 Å². The zero-order valence-electron chi connectivity index (χ0n) is 16.7. The van der Waals surface area contributed by atoms with Gasteiger partial charge in [-0.1, -0.05) is 19.9 Å². The maximum absolute atomic E-state index is 12.2. The highest BCUT2D eigenvalue weighted by atomic mass is 16.6. The van der Waals surface area contributed by atoms with Crippen LogP contribution in [-0.4, -0.2) is 50.1 Å². The molecule has 4 unspecified atom stereocenters. The van der Waals surface area contributed by atoms with Gasteiger partial charge in [0.1, 0.15) is 11.7 Å². The molecule has 0 aromatic carbocycles. The van der Waals surface area contributed by atoms with Crippen LogP contribution in [0.4, 0.5) is 0 Å². The van der Waals surface area contributed by atoms with E-state index in [-0.39, 0.29) is 41.8 Å². The van der Waals surface area contributed by atoms with Crippen molar-refractivity contribution in [2.45, 2.75) is 76.3 Å². The SMILES string of the molecule is COC(=O)C1=CC2OC2(C(C)C)CCC(C(=O)OC)=CCCC2OC2CC1. The van der Waals surface area contributed by atoms with Crippen LogP contribution in [0.15, 0.2) is 23.3 Å². The number of esters is 2. The highest BCUT2D eigenvalue weighted by Gasteiger charge is 2.57. The Labute approximate surface area is 160 Å². The van der Waals surface area contributed by atoms with Crippen LogP contribution >= 0.6 is 0 Å². The molecule has 0 bridgehead atoms. The largest absolute Gasteiger partial charge is 0.466 e. The van der Waals surface area contributed by atoms with Crippen LogP contribution in [0.1, 0.15) is 52.4 Å². The van der Waals surface area contributed by atoms with Crippen molar-refractivity contribution >= 4 is 11.9 Å². The highest BCUT2D eigenvalue weighted by Crippen LogP contribution is 2.49. The fourth-order valence-corrected chi connectivity index (χ4v) is 4.05. The first-order valence-corrected chi connectivity index (χ1v) is 9.81. The number of rotatable bonds is 3. The summed E-state index contributed by atoms with van der Waals surface area (Å²) >= 11 is 0. The number of carbonyl (C=O) groups is 2. The lowest BCUT2D eigenvalue weighted by Crippen LogP contribution is -2.24. The number of methoxy groups -OCH3 is 2. The summed E-state index contributed by atoms with van der Waals surface area (Å²) < 4.78 is 21.7. The van der Waals surface area contributed by atoms with E-state index in [2.05, 4.69) is 13.8 Å². The van der Waals surface area contributed by atoms with Gasteiger partial charge in [0.25, 0.3) is 0 Å². The van der Waals surface area contributed by atoms with Crippen LogP contribution in [-0.2, 0) is 28.5 Å². The normalized spacial score (nSPS) is 33.6. The summed E-state index contributed by atoms with van der Waals surface area (Å²) in [5.74, 6) is -0.319. The quantitative estimate of drug-likeness (QED) is 0.555. The fourth-order valence-electron chi connectivity index (χ4n) is 4.05. The van der Waals surface area contributed by atoms with Crippen molar-refractivity contribution in [1.29, 1.82) is 0 Å². The molecule has 0 spiro atoms. The summed E-state index contributed by atoms with van der Waals surface area (Å²) in [6, 6.07) is 0. The molecule has 2 fully saturated rings. The standard InChI is InChI=1S/C21H30O6/c1-13(2)21-11-10-14(19(22)24-3)6-5-7-16-17(26-16)9-8-15(20(23)25-4)12-18(21)27-21/h6,12-13,16-18H,5,7-11H2,1-4H3. The lowest BCUT2D eigenvalue weighted by molar-refractivity contribution is -0.137. The van der Waals surface area contributed by atoms with E-state index in [0.717, 1.165) is 19.3 Å². The van der Waals surface area contributed by atoms with Crippen molar-refractivity contribution in [2.75, 3.05) is 14.2 Å². The number of ether oxygens (including phenoxy) is 4. The first-order valence-electron chi connectivity index (χ1n) is 9.81. The minimum absolute atomic E-state index is 0.135. The van der Waals surface area contributed by atoms with Gasteiger partial charge in [0.15, 0.2) is 0 Å². The van der Waals surface area contributed by atoms with E-state index in [1.807, 2.05) is 12.2 Å². The van der Waals surface area contributed by atoms with Gasteiger partial charge in [-0.15, -0.1) is 0 Å². The number of hydrogen-bond donors (Lipinski definition) is 0. The molecule has 27 heavy (non-hydrogen) atoms. The van der Waals surface area contributed by atoms with E-state index in [1.165, 1.54) is 14.2 Å². The van der Waals surface area contributed by atoms with Crippen molar-refractivity contribution in [3.05, 3.63) is 23.3 Å². The summed E-state index contributed by atoms with van der Waals surface area (Å²) in [4.78, 5) is 24.3. The molecular formula is C21H30O6. The zero-order valence-corrected chi connectivity index (χ0v) is 16.7. The number of carbonyl (C=O) groups excluding carboxylic acids is 2. The van der Waals surface area contributed by atoms with Gasteiger partial charge < -0.3 is 18.9 Å². The monoisotopic (exact) mass is 378 g/mol. The molecule has 2 heterocycles. The third-order valence-electron chi connectivity index (χ3n) is 6.01. The number of allylic oxidation sites excluding steroid dienone is 1. The van der Waals surface area contributed by atoms with Gasteiger partial charge in [-0.3, -0.25) is 0 Å². The van der Waals surface area contributed by atoms with Gasteiger partial charge in [0.2, 0.25) is 0 Å². The second-order valence-corrected chi connectivity index (χ2v) is 7.88. The second-order valence-electron chi connectivity index (χ2n) is 7.88. The molecule has 3 aliphatic rings. The van der Waals surface area contributed by atoms with Crippen LogP contribution in [0.2, 0.25) is 0 Å². The number of fused-ring (bicyclic) bond motifs is 2. The van der Waals surface area contributed by atoms with Crippen molar-refractivity contribution in [2.24, 2.45) is 5.92 Å². The predicted molar refractivity (Wildman–Crippen MR) is 99.0 cm³/mol. The molecule has 0 aromatic rings. The molecule has 0 amide bonds. The summed E-state index contributed by atoms with van der Waals surface area (Å²) in [7, 11) is 2.82. The summed E-state index contributed by atoms with van der Waals surface area (Å²) in [6.07, 6.45) is 8.52. The molecule has 2 saturated heterocycles. The molecule has 0 aromatic heterocycles. The lowest BCUT2D eigenvalue weighted by atomic mass is 9.85. The summed E-state index contributed by atoms with van der Waals surface area (Å²) in [6.45, 7) is 4.22. The Hall–Kier alpha value is -1.66. The molecule has 0 N–H and O–H groups in total. The Balaban J connectivity index is 1.83. The van der Waals surface area contributed by atoms with E-state index in [4.69, 9.17) is 18.9 Å². The first kappa shape index (κ1) is 20.1. The van der Waals surface area contributed by atoms with Crippen molar-refractivity contribution in [3.8, 4) is 0 Å². The van der Waals surface area contributed by atoms with Crippen LogP contribution in [0.25, 0.3) is 0 Å². The van der Waals surface area contributed by atoms with E-state index >= 15 is 0 Å². The lowest BCUT2D eigenvalue weighted by Gasteiger charge is -2.18. The van der Waals surface area contributed by atoms with Gasteiger partial charge in [-0.25, -0.2) is 9.59 Å². The van der Waals surface area contributed by atoms with Crippen molar-refractivity contribution in [1.82, 2.24) is 0 Å². The average molecular weight is 378 g/mol. The molecule has 0 radical (unpaired) electrons. The predicted octanol–water partition coefficient (Wildman–Crippen LogP) is 3.10. The van der Waals surface area contributed by atoms with E-state index in [0.29, 0.717) is 30.4 Å². The van der Waals surface area contributed by atoms with Gasteiger partial charge in [-0.05, 0) is 50.5 Å². The van der Waals surface area contributed by atoms with Crippen molar-refractivity contribution < 1.29 is 28.5 Å². The first-order chi connectivity index (χ1) is 12.9. The van der Waals surface area contributed by atoms with Crippen LogP contribution in [0.3, 0.4) is 0 Å². The van der Waals surface area contributed by atoms with Gasteiger partial charge >= 0.3 is 11.9 Å². The second kappa shape index (κ2) is 8.15. The topological polar surface area (TPSA) is 77.7 Å². The highest BCUT2D eigenvalue weighted by molar-refractivity contribution is 5.89. The van der Waals surface area contributed by atoms with Crippen LogP contribution in [0, 0.1) is 5.92 Å². The van der Waals surface area contributed by atoms with Gasteiger partial charge in [0, 0.05) is 11.1 Å². The molecule has 6 nitrogen and oxygen atoms in total. The Kier molecular flexibility index (Phi) is 6.06. The molecule has 4 atom stereocenters. The maximum Gasteiger partial charge on any atom is 0.333 e. The molecule has 0 saturated carbocycles. The number of hydrogen-bond acceptors (Lipinski definition) is 6.